The molecule has 2 aliphatic heterocycles. The SMILES string of the molecule is Cc1cccc(CC(O)[C@H]2C[C@@H](F)CN2)n1.Cc1cccc(CC(O)[C@H]2C[C@@H](F)CN2C(=O)Cn2cc(C(N)=O)c3cc(C(=O)CS(=O)(=O)C4CC4)ccc32)n1.NC(=O)c1cn(CC(=O)O)c2ccc(C(=O)CS(=O)(=O)C3CC3)cc12.S.S=S. The Morgan fingerprint density at radius 1 is 0.679 bits per heavy atom. The molecule has 0 spiro atoms. The van der Waals surface area contributed by atoms with Gasteiger partial charge < -0.3 is 46.1 Å². The molecule has 2 unspecified atom stereocenters. The molecule has 28 heteroatoms. The minimum atomic E-state index is -3.53. The fraction of sp³-hybridized carbons (Fsp3) is 0.429. The molecule has 3 amide bonds. The molecular formula is C56H66F2N8O13S5. The van der Waals surface area contributed by atoms with E-state index >= 15 is 0 Å². The third-order valence-electron chi connectivity index (χ3n) is 14.6. The Hall–Kier alpha value is -6.53. The molecule has 2 saturated carbocycles. The second-order valence-electron chi connectivity index (χ2n) is 21.2. The molecule has 2 aromatic carbocycles. The third kappa shape index (κ3) is 17.1. The second-order valence-corrected chi connectivity index (χ2v) is 25.7. The predicted molar refractivity (Wildman–Crippen MR) is 320 cm³/mol. The molecule has 6 heterocycles. The lowest BCUT2D eigenvalue weighted by Gasteiger charge is -2.28. The normalized spacial score (nSPS) is 19.1. The first-order valence-corrected chi connectivity index (χ1v) is 31.3. The van der Waals surface area contributed by atoms with Crippen LogP contribution in [-0.4, -0.2) is 163 Å². The van der Waals surface area contributed by atoms with Crippen molar-refractivity contribution >= 4 is 113 Å². The molecule has 2 saturated heterocycles. The Bertz CT molecular complexity index is 3670. The van der Waals surface area contributed by atoms with Gasteiger partial charge in [-0.3, -0.25) is 38.7 Å². The average Bonchev–Trinajstić information content (AvgIpc) is 2.34. The molecule has 8 N–H and O–H groups in total. The molecule has 21 nitrogen and oxygen atoms in total. The number of nitrogens with zero attached hydrogens (tertiary/aromatic N) is 5. The van der Waals surface area contributed by atoms with Crippen molar-refractivity contribution < 1.29 is 69.7 Å². The molecule has 84 heavy (non-hydrogen) atoms. The Kier molecular flexibility index (Phi) is 22.7. The standard InChI is InChI=1S/C28H31FN4O6S.C16H16N2O6S.C12H17FN2O.S2.H2S/c1-16-3-2-4-19(31-16)11-25(34)24-10-18(29)12-33(24)27(36)14-32-13-22(28(30)37)21-9-17(5-8-23(21)32)26(35)15-40(38,39)20-6-7-20;17-16(22)12-6-18(7-15(20)21)13-4-1-9(5-11(12)13)14(19)8-25(23,24)10-2-3-10;1-8-3-2-4-10(15-8)6-12(16)11-5-9(13)7-14-11;1-2;/h2-5,8-9,13,18,20,24-25,34H,6-7,10-12,14-15H2,1H3,(H2,30,37);1,4-6,10H,2-3,7-8H2,(H2,17,22)(H,20,21);2-4,9,11-12,14,16H,5-7H2,1H3;;1H2/t18-,24-,25?;;9-,11-,12?;;/m1.1../s1. The Balaban J connectivity index is 0.000000219. The van der Waals surface area contributed by atoms with Gasteiger partial charge in [-0.05, 0) is 107 Å². The first-order valence-electron chi connectivity index (χ1n) is 26.5. The summed E-state index contributed by atoms with van der Waals surface area (Å²) in [7, 11) is -6.97. The van der Waals surface area contributed by atoms with Crippen molar-refractivity contribution in [3.8, 4) is 0 Å². The molecule has 452 valence electrons. The van der Waals surface area contributed by atoms with Crippen molar-refractivity contribution in [3.05, 3.63) is 130 Å². The van der Waals surface area contributed by atoms with Crippen LogP contribution in [0.5, 0.6) is 0 Å². The Labute approximate surface area is 500 Å². The van der Waals surface area contributed by atoms with Crippen LogP contribution in [-0.2, 0) is 77.6 Å². The smallest absolute Gasteiger partial charge is 0.323 e. The molecular weight excluding hydrogens is 1190 g/mol. The fourth-order valence-electron chi connectivity index (χ4n) is 10.2. The molecule has 0 radical (unpaired) electrons. The van der Waals surface area contributed by atoms with Crippen molar-refractivity contribution in [3.63, 3.8) is 0 Å². The molecule has 4 aromatic heterocycles. The van der Waals surface area contributed by atoms with Gasteiger partial charge in [-0.1, -0.05) is 12.1 Å². The molecule has 4 aliphatic rings. The van der Waals surface area contributed by atoms with E-state index in [1.54, 1.807) is 6.07 Å². The third-order valence-corrected chi connectivity index (χ3v) is 18.9. The molecule has 6 aromatic rings. The number of hydrogen-bond acceptors (Lipinski definition) is 17. The fourth-order valence-corrected chi connectivity index (χ4v) is 13.5. The average molecular weight is 1260 g/mol. The number of hydrogen-bond donors (Lipinski definition) is 6. The largest absolute Gasteiger partial charge is 0.480 e. The molecule has 4 fully saturated rings. The highest BCUT2D eigenvalue weighted by Crippen LogP contribution is 2.32. The predicted octanol–water partition coefficient (Wildman–Crippen LogP) is 3.43. The summed E-state index contributed by atoms with van der Waals surface area (Å²) in [6, 6.07) is 18.9. The van der Waals surface area contributed by atoms with Gasteiger partial charge in [-0.25, -0.2) is 25.6 Å². The molecule has 2 aliphatic carbocycles. The Morgan fingerprint density at radius 3 is 1.54 bits per heavy atom. The number of halogens is 2. The number of fused-ring (bicyclic) bond motifs is 2. The lowest BCUT2D eigenvalue weighted by Crippen LogP contribution is -2.45. The number of nitrogens with one attached hydrogen (secondary N) is 1. The summed E-state index contributed by atoms with van der Waals surface area (Å²) in [5.74, 6) is -5.43. The van der Waals surface area contributed by atoms with E-state index in [1.165, 1.54) is 62.8 Å². The number of carboxylic acids is 1. The van der Waals surface area contributed by atoms with E-state index in [-0.39, 0.29) is 74.3 Å². The van der Waals surface area contributed by atoms with Crippen LogP contribution in [0.1, 0.15) is 103 Å². The van der Waals surface area contributed by atoms with E-state index in [4.69, 9.17) is 16.6 Å². The van der Waals surface area contributed by atoms with Crippen molar-refractivity contribution in [1.29, 1.82) is 0 Å². The van der Waals surface area contributed by atoms with Gasteiger partial charge in [0.15, 0.2) is 31.2 Å². The van der Waals surface area contributed by atoms with Crippen LogP contribution in [0.25, 0.3) is 21.8 Å². The van der Waals surface area contributed by atoms with Crippen molar-refractivity contribution in [2.45, 2.75) is 125 Å². The number of aromatic nitrogens is 4. The number of carbonyl (C=O) groups excluding carboxylic acids is 5. The van der Waals surface area contributed by atoms with Crippen molar-refractivity contribution in [1.82, 2.24) is 29.3 Å². The highest BCUT2D eigenvalue weighted by molar-refractivity contribution is 8.07. The van der Waals surface area contributed by atoms with Gasteiger partial charge in [0.1, 0.15) is 36.9 Å². The molecule has 6 atom stereocenters. The van der Waals surface area contributed by atoms with Gasteiger partial charge in [0.2, 0.25) is 5.91 Å². The number of carbonyl (C=O) groups is 6. The summed E-state index contributed by atoms with van der Waals surface area (Å²) in [4.78, 5) is 83.2. The number of benzene rings is 2. The summed E-state index contributed by atoms with van der Waals surface area (Å²) in [6.07, 6.45) is 2.30. The van der Waals surface area contributed by atoms with Crippen LogP contribution in [0.2, 0.25) is 0 Å². The quantitative estimate of drug-likeness (QED) is 0.0596. The van der Waals surface area contributed by atoms with Crippen LogP contribution in [0.15, 0.2) is 85.2 Å². The number of aliphatic hydroxyl groups excluding tert-OH is 2. The number of Topliss-reactive ketones (excluding diaryl/α,β-unsaturated/α-hetero) is 2. The highest BCUT2D eigenvalue weighted by atomic mass is 32.8. The topological polar surface area (TPSA) is 334 Å². The number of nitrogens with two attached hydrogens (primary N) is 2. The van der Waals surface area contributed by atoms with Gasteiger partial charge in [0.05, 0.1) is 46.4 Å². The van der Waals surface area contributed by atoms with E-state index in [0.29, 0.717) is 72.6 Å². The number of ketones is 2. The number of sulfone groups is 2. The second kappa shape index (κ2) is 28.6. The van der Waals surface area contributed by atoms with Crippen LogP contribution in [0, 0.1) is 13.8 Å². The van der Waals surface area contributed by atoms with E-state index in [1.807, 2.05) is 44.2 Å². The van der Waals surface area contributed by atoms with Gasteiger partial charge in [-0.15, -0.1) is 0 Å². The van der Waals surface area contributed by atoms with E-state index < -0.39 is 108 Å². The number of likely N-dealkylation sites (tertiary alicyclic amines) is 1. The highest BCUT2D eigenvalue weighted by Gasteiger charge is 2.41. The zero-order valence-corrected chi connectivity index (χ0v) is 50.1. The first-order chi connectivity index (χ1) is 39.3. The number of pyridine rings is 2. The number of primary amides is 2. The van der Waals surface area contributed by atoms with E-state index in [9.17, 15) is 64.6 Å². The van der Waals surface area contributed by atoms with Gasteiger partial charge >= 0.3 is 5.97 Å². The summed E-state index contributed by atoms with van der Waals surface area (Å²) < 4.78 is 78.8. The van der Waals surface area contributed by atoms with Crippen molar-refractivity contribution in [2.24, 2.45) is 11.5 Å². The monoisotopic (exact) mass is 1260 g/mol. The zero-order valence-electron chi connectivity index (χ0n) is 45.8. The van der Waals surface area contributed by atoms with E-state index in [0.717, 1.165) is 17.1 Å². The number of alkyl halides is 2. The summed E-state index contributed by atoms with van der Waals surface area (Å²) in [5.41, 5.74) is 15.4. The zero-order chi connectivity index (χ0) is 60.7. The van der Waals surface area contributed by atoms with Crippen LogP contribution < -0.4 is 16.8 Å². The van der Waals surface area contributed by atoms with Gasteiger partial charge in [0.25, 0.3) is 11.8 Å². The summed E-state index contributed by atoms with van der Waals surface area (Å²) >= 11 is 7.33. The lowest BCUT2D eigenvalue weighted by molar-refractivity contribution is -0.137. The van der Waals surface area contributed by atoms with Gasteiger partial charge in [-0.2, -0.15) is 13.5 Å². The number of aliphatic carboxylic acids is 1. The summed E-state index contributed by atoms with van der Waals surface area (Å²) in [5, 5.41) is 32.5. The first kappa shape index (κ1) is 66.6. The number of carboxylic acid groups (broad SMARTS) is 1. The van der Waals surface area contributed by atoms with Crippen LogP contribution >= 0.6 is 13.5 Å². The molecule has 10 rings (SSSR count). The number of rotatable bonds is 20. The number of aryl methyl sites for hydroxylation is 2. The lowest BCUT2D eigenvalue weighted by atomic mass is 10.0. The summed E-state index contributed by atoms with van der Waals surface area (Å²) in [6.45, 7) is 3.30. The number of amides is 3. The van der Waals surface area contributed by atoms with Crippen LogP contribution in [0.4, 0.5) is 8.78 Å². The number of aliphatic hydroxyl groups is 2. The molecule has 0 bridgehead atoms. The van der Waals surface area contributed by atoms with E-state index in [2.05, 4.69) is 37.7 Å². The minimum Gasteiger partial charge on any atom is -0.480 e. The maximum atomic E-state index is 14.5. The van der Waals surface area contributed by atoms with Crippen LogP contribution in [0.3, 0.4) is 0 Å². The maximum absolute atomic E-state index is 14.5. The van der Waals surface area contributed by atoms with Gasteiger partial charge in [0, 0.05) is 122 Å². The Morgan fingerprint density at radius 2 is 1.13 bits per heavy atom. The maximum Gasteiger partial charge on any atom is 0.323 e. The van der Waals surface area contributed by atoms with Crippen molar-refractivity contribution in [2.75, 3.05) is 24.6 Å². The minimum absolute atomic E-state index is 0.